The summed E-state index contributed by atoms with van der Waals surface area (Å²) >= 11 is 0. The van der Waals surface area contributed by atoms with Crippen LogP contribution in [0.4, 0.5) is 0 Å². The van der Waals surface area contributed by atoms with Crippen LogP contribution in [-0.4, -0.2) is 26.5 Å². The third-order valence-corrected chi connectivity index (χ3v) is 3.28. The molecular formula is C10H23NO2S. The summed E-state index contributed by atoms with van der Waals surface area (Å²) in [5.41, 5.74) is 5.83. The molecule has 0 heterocycles. The summed E-state index contributed by atoms with van der Waals surface area (Å²) in [7, 11) is -2.77. The number of nitrogens with two attached hydrogens (primary N) is 1. The Balaban J connectivity index is 3.30. The van der Waals surface area contributed by atoms with E-state index in [4.69, 9.17) is 5.73 Å². The molecule has 86 valence electrons. The zero-order valence-electron chi connectivity index (χ0n) is 9.33. The molecule has 0 fully saturated rings. The summed E-state index contributed by atoms with van der Waals surface area (Å²) in [5.74, 6) is 0.315. The summed E-state index contributed by atoms with van der Waals surface area (Å²) in [4.78, 5) is 0. The average Bonchev–Trinajstić information content (AvgIpc) is 2.02. The van der Waals surface area contributed by atoms with Crippen LogP contribution >= 0.6 is 0 Å². The first-order valence-electron chi connectivity index (χ1n) is 5.39. The van der Waals surface area contributed by atoms with Crippen molar-refractivity contribution in [1.29, 1.82) is 0 Å². The summed E-state index contributed by atoms with van der Waals surface area (Å²) in [5, 5.41) is 0. The van der Waals surface area contributed by atoms with Gasteiger partial charge in [-0.25, -0.2) is 8.42 Å². The second-order valence-electron chi connectivity index (χ2n) is 4.03. The molecule has 0 aromatic rings. The molecule has 0 bridgehead atoms. The highest BCUT2D eigenvalue weighted by Gasteiger charge is 2.03. The van der Waals surface area contributed by atoms with Gasteiger partial charge in [-0.05, 0) is 19.3 Å². The van der Waals surface area contributed by atoms with Crippen LogP contribution < -0.4 is 5.73 Å². The van der Waals surface area contributed by atoms with Crippen LogP contribution in [0.2, 0.25) is 0 Å². The van der Waals surface area contributed by atoms with Crippen LogP contribution in [-0.2, 0) is 9.84 Å². The van der Waals surface area contributed by atoms with Crippen molar-refractivity contribution >= 4 is 9.84 Å². The zero-order valence-corrected chi connectivity index (χ0v) is 10.1. The van der Waals surface area contributed by atoms with Crippen molar-refractivity contribution in [2.24, 2.45) is 5.73 Å². The molecule has 4 heteroatoms. The minimum absolute atomic E-state index is 0.304. The molecule has 1 unspecified atom stereocenters. The van der Waals surface area contributed by atoms with Crippen LogP contribution in [0.15, 0.2) is 0 Å². The fourth-order valence-electron chi connectivity index (χ4n) is 1.46. The van der Waals surface area contributed by atoms with Gasteiger partial charge in [-0.3, -0.25) is 0 Å². The minimum Gasteiger partial charge on any atom is -0.328 e. The molecule has 1 atom stereocenters. The van der Waals surface area contributed by atoms with Crippen molar-refractivity contribution in [2.45, 2.75) is 51.5 Å². The highest BCUT2D eigenvalue weighted by Crippen LogP contribution is 2.07. The van der Waals surface area contributed by atoms with Gasteiger partial charge in [-0.15, -0.1) is 0 Å². The molecule has 0 aliphatic carbocycles. The van der Waals surface area contributed by atoms with Crippen LogP contribution in [0.5, 0.6) is 0 Å². The summed E-state index contributed by atoms with van der Waals surface area (Å²) in [6.45, 7) is 2.13. The van der Waals surface area contributed by atoms with Gasteiger partial charge in [0.2, 0.25) is 0 Å². The fourth-order valence-corrected chi connectivity index (χ4v) is 2.19. The molecule has 0 rings (SSSR count). The van der Waals surface area contributed by atoms with Gasteiger partial charge in [-0.2, -0.15) is 0 Å². The van der Waals surface area contributed by atoms with Crippen molar-refractivity contribution in [1.82, 2.24) is 0 Å². The Labute approximate surface area is 88.0 Å². The summed E-state index contributed by atoms with van der Waals surface area (Å²) in [6.07, 6.45) is 7.32. The van der Waals surface area contributed by atoms with Crippen molar-refractivity contribution < 1.29 is 8.42 Å². The van der Waals surface area contributed by atoms with E-state index in [0.29, 0.717) is 11.8 Å². The smallest absolute Gasteiger partial charge is 0.147 e. The lowest BCUT2D eigenvalue weighted by molar-refractivity contribution is 0.522. The Morgan fingerprint density at radius 3 is 2.29 bits per heavy atom. The topological polar surface area (TPSA) is 60.2 Å². The van der Waals surface area contributed by atoms with E-state index < -0.39 is 9.84 Å². The Hall–Kier alpha value is -0.0900. The Morgan fingerprint density at radius 1 is 1.14 bits per heavy atom. The predicted molar refractivity (Wildman–Crippen MR) is 61.1 cm³/mol. The van der Waals surface area contributed by atoms with E-state index in [1.807, 2.05) is 0 Å². The molecule has 0 saturated carbocycles. The number of hydrogen-bond acceptors (Lipinski definition) is 3. The van der Waals surface area contributed by atoms with Crippen molar-refractivity contribution in [3.63, 3.8) is 0 Å². The van der Waals surface area contributed by atoms with Gasteiger partial charge in [0.15, 0.2) is 0 Å². The molecule has 0 spiro atoms. The maximum atomic E-state index is 10.8. The summed E-state index contributed by atoms with van der Waals surface area (Å²) in [6, 6.07) is 0.304. The molecule has 0 amide bonds. The van der Waals surface area contributed by atoms with E-state index in [2.05, 4.69) is 6.92 Å². The lowest BCUT2D eigenvalue weighted by Gasteiger charge is -2.08. The van der Waals surface area contributed by atoms with E-state index in [1.54, 1.807) is 0 Å². The molecule has 0 aromatic carbocycles. The van der Waals surface area contributed by atoms with Crippen LogP contribution in [0.3, 0.4) is 0 Å². The quantitative estimate of drug-likeness (QED) is 0.635. The monoisotopic (exact) mass is 221 g/mol. The van der Waals surface area contributed by atoms with Crippen LogP contribution in [0.1, 0.15) is 45.4 Å². The third kappa shape index (κ3) is 9.99. The molecular weight excluding hydrogens is 198 g/mol. The molecule has 0 radical (unpaired) electrons. The normalized spacial score (nSPS) is 14.2. The van der Waals surface area contributed by atoms with E-state index in [1.165, 1.54) is 6.26 Å². The van der Waals surface area contributed by atoms with Gasteiger partial charge in [0.05, 0.1) is 0 Å². The van der Waals surface area contributed by atoms with Crippen LogP contribution in [0, 0.1) is 0 Å². The van der Waals surface area contributed by atoms with E-state index in [0.717, 1.165) is 38.5 Å². The maximum Gasteiger partial charge on any atom is 0.147 e. The number of hydrogen-bond donors (Lipinski definition) is 1. The minimum atomic E-state index is -2.77. The molecule has 14 heavy (non-hydrogen) atoms. The Bertz CT molecular complexity index is 224. The predicted octanol–water partition coefficient (Wildman–Crippen LogP) is 1.72. The second kappa shape index (κ2) is 7.23. The van der Waals surface area contributed by atoms with Gasteiger partial charge in [0.25, 0.3) is 0 Å². The average molecular weight is 221 g/mol. The Morgan fingerprint density at radius 2 is 1.79 bits per heavy atom. The summed E-state index contributed by atoms with van der Waals surface area (Å²) < 4.78 is 21.6. The van der Waals surface area contributed by atoms with Crippen molar-refractivity contribution in [3.05, 3.63) is 0 Å². The molecule has 3 nitrogen and oxygen atoms in total. The molecule has 0 aromatic heterocycles. The lowest BCUT2D eigenvalue weighted by Crippen LogP contribution is -2.19. The zero-order chi connectivity index (χ0) is 11.0. The standard InChI is InChI=1S/C10H23NO2S/c1-3-7-10(11)8-5-4-6-9-14(2,12)13/h10H,3-9,11H2,1-2H3. The van der Waals surface area contributed by atoms with Gasteiger partial charge >= 0.3 is 0 Å². The SMILES string of the molecule is CCCC(N)CCCCCS(C)(=O)=O. The van der Waals surface area contributed by atoms with Gasteiger partial charge < -0.3 is 5.73 Å². The third-order valence-electron chi connectivity index (χ3n) is 2.25. The lowest BCUT2D eigenvalue weighted by atomic mass is 10.1. The number of rotatable bonds is 8. The largest absolute Gasteiger partial charge is 0.328 e. The molecule has 0 saturated heterocycles. The first-order chi connectivity index (χ1) is 6.45. The molecule has 0 aliphatic rings. The van der Waals surface area contributed by atoms with Crippen molar-refractivity contribution in [3.8, 4) is 0 Å². The maximum absolute atomic E-state index is 10.8. The van der Waals surface area contributed by atoms with Gasteiger partial charge in [-0.1, -0.05) is 26.2 Å². The van der Waals surface area contributed by atoms with Gasteiger partial charge in [0.1, 0.15) is 9.84 Å². The van der Waals surface area contributed by atoms with E-state index in [-0.39, 0.29) is 0 Å². The van der Waals surface area contributed by atoms with E-state index in [9.17, 15) is 8.42 Å². The second-order valence-corrected chi connectivity index (χ2v) is 6.29. The highest BCUT2D eigenvalue weighted by molar-refractivity contribution is 7.90. The highest BCUT2D eigenvalue weighted by atomic mass is 32.2. The Kier molecular flexibility index (Phi) is 7.19. The number of sulfone groups is 1. The number of unbranched alkanes of at least 4 members (excludes halogenated alkanes) is 2. The molecule has 0 aliphatic heterocycles. The van der Waals surface area contributed by atoms with E-state index >= 15 is 0 Å². The molecule has 2 N–H and O–H groups in total. The van der Waals surface area contributed by atoms with Crippen LogP contribution in [0.25, 0.3) is 0 Å². The fraction of sp³-hybridized carbons (Fsp3) is 1.00. The van der Waals surface area contributed by atoms with Gasteiger partial charge in [0, 0.05) is 18.1 Å². The first-order valence-corrected chi connectivity index (χ1v) is 7.45. The first kappa shape index (κ1) is 13.9. The van der Waals surface area contributed by atoms with Crippen molar-refractivity contribution in [2.75, 3.05) is 12.0 Å².